The molecule has 2 heterocycles. The van der Waals surface area contributed by atoms with E-state index in [9.17, 15) is 9.59 Å². The molecule has 1 amide bonds. The third kappa shape index (κ3) is 3.93. The van der Waals surface area contributed by atoms with Gasteiger partial charge in [-0.3, -0.25) is 14.2 Å². The largest absolute Gasteiger partial charge is 0.309 e. The Balaban J connectivity index is 1.64. The smallest absolute Gasteiger partial charge is 0.263 e. The van der Waals surface area contributed by atoms with Crippen molar-refractivity contribution >= 4 is 44.9 Å². The lowest BCUT2D eigenvalue weighted by Gasteiger charge is -2.27. The number of hydrogen-bond donors (Lipinski definition) is 0. The number of hydrogen-bond acceptors (Lipinski definition) is 5. The first kappa shape index (κ1) is 21.1. The van der Waals surface area contributed by atoms with Gasteiger partial charge in [0.25, 0.3) is 5.56 Å². The normalized spacial score (nSPS) is 13.2. The Morgan fingerprint density at radius 3 is 2.73 bits per heavy atom. The number of amides is 1. The summed E-state index contributed by atoms with van der Waals surface area (Å²) < 4.78 is 1.77. The van der Waals surface area contributed by atoms with Gasteiger partial charge >= 0.3 is 0 Å². The van der Waals surface area contributed by atoms with E-state index in [4.69, 9.17) is 4.98 Å². The minimum Gasteiger partial charge on any atom is -0.309 e. The number of anilines is 1. The Hall–Kier alpha value is -2.12. The van der Waals surface area contributed by atoms with Crippen molar-refractivity contribution in [3.05, 3.63) is 51.1 Å². The molecule has 7 heteroatoms. The van der Waals surface area contributed by atoms with Crippen LogP contribution < -0.4 is 10.5 Å². The molecular formula is C23H27N3O2S2. The zero-order chi connectivity index (χ0) is 21.3. The van der Waals surface area contributed by atoms with Gasteiger partial charge in [0.2, 0.25) is 5.91 Å². The second-order valence-electron chi connectivity index (χ2n) is 7.87. The molecule has 0 atom stereocenters. The highest BCUT2D eigenvalue weighted by Gasteiger charge is 2.24. The molecule has 3 aromatic rings. The van der Waals surface area contributed by atoms with Crippen LogP contribution in [0.25, 0.3) is 10.2 Å². The fourth-order valence-electron chi connectivity index (χ4n) is 4.10. The number of nitrogens with zero attached hydrogens (tertiary/aromatic N) is 3. The third-order valence-electron chi connectivity index (χ3n) is 5.38. The maximum absolute atomic E-state index is 13.3. The van der Waals surface area contributed by atoms with E-state index >= 15 is 0 Å². The van der Waals surface area contributed by atoms with Crippen molar-refractivity contribution in [2.24, 2.45) is 0 Å². The predicted molar refractivity (Wildman–Crippen MR) is 126 cm³/mol. The molecule has 0 spiro atoms. The van der Waals surface area contributed by atoms with E-state index in [2.05, 4.69) is 6.92 Å². The number of benzene rings is 1. The molecule has 0 N–H and O–H groups in total. The molecule has 1 aliphatic rings. The molecule has 158 valence electrons. The molecule has 1 aromatic carbocycles. The van der Waals surface area contributed by atoms with Crippen LogP contribution in [-0.4, -0.2) is 27.3 Å². The van der Waals surface area contributed by atoms with E-state index in [1.165, 1.54) is 22.2 Å². The molecule has 0 bridgehead atoms. The van der Waals surface area contributed by atoms with E-state index in [-0.39, 0.29) is 23.3 Å². The van der Waals surface area contributed by atoms with Crippen molar-refractivity contribution in [1.82, 2.24) is 9.55 Å². The number of carbonyl (C=O) groups is 1. The molecule has 0 saturated heterocycles. The maximum atomic E-state index is 13.3. The minimum atomic E-state index is 0.0206. The van der Waals surface area contributed by atoms with E-state index < -0.39 is 0 Å². The number of rotatable bonds is 7. The van der Waals surface area contributed by atoms with E-state index in [0.29, 0.717) is 11.7 Å². The van der Waals surface area contributed by atoms with Gasteiger partial charge in [0.1, 0.15) is 4.83 Å². The lowest BCUT2D eigenvalue weighted by molar-refractivity contribution is -0.116. The number of carbonyl (C=O) groups excluding carboxylic acids is 1. The van der Waals surface area contributed by atoms with Gasteiger partial charge in [0.05, 0.1) is 11.1 Å². The quantitative estimate of drug-likeness (QED) is 0.387. The number of para-hydroxylation sites is 1. The van der Waals surface area contributed by atoms with E-state index in [1.54, 1.807) is 15.9 Å². The highest BCUT2D eigenvalue weighted by atomic mass is 32.2. The summed E-state index contributed by atoms with van der Waals surface area (Å²) in [7, 11) is 0. The number of aromatic nitrogens is 2. The summed E-state index contributed by atoms with van der Waals surface area (Å²) in [6.07, 6.45) is 4.00. The first-order valence-electron chi connectivity index (χ1n) is 10.6. The summed E-state index contributed by atoms with van der Waals surface area (Å²) >= 11 is 3.02. The Morgan fingerprint density at radius 2 is 2.03 bits per heavy atom. The maximum Gasteiger partial charge on any atom is 0.263 e. The number of thiophene rings is 1. The van der Waals surface area contributed by atoms with Crippen molar-refractivity contribution in [3.63, 3.8) is 0 Å². The summed E-state index contributed by atoms with van der Waals surface area (Å²) in [5, 5.41) is 1.46. The van der Waals surface area contributed by atoms with Crippen LogP contribution in [0.4, 0.5) is 5.69 Å². The number of thioether (sulfide) groups is 1. The Labute approximate surface area is 185 Å². The monoisotopic (exact) mass is 441 g/mol. The lowest BCUT2D eigenvalue weighted by atomic mass is 10.2. The van der Waals surface area contributed by atoms with Crippen LogP contribution in [-0.2, 0) is 24.2 Å². The average molecular weight is 442 g/mol. The van der Waals surface area contributed by atoms with Crippen LogP contribution in [0.3, 0.4) is 0 Å². The fraction of sp³-hybridized carbons (Fsp3) is 0.435. The van der Waals surface area contributed by atoms with Gasteiger partial charge in [-0.05, 0) is 57.2 Å². The van der Waals surface area contributed by atoms with Crippen LogP contribution in [0.15, 0.2) is 40.3 Å². The van der Waals surface area contributed by atoms with Gasteiger partial charge in [-0.1, -0.05) is 36.9 Å². The van der Waals surface area contributed by atoms with Gasteiger partial charge in [-0.15, -0.1) is 11.3 Å². The summed E-state index contributed by atoms with van der Waals surface area (Å²) in [5.41, 5.74) is 2.15. The molecule has 5 nitrogen and oxygen atoms in total. The third-order valence-corrected chi connectivity index (χ3v) is 7.53. The molecular weight excluding hydrogens is 414 g/mol. The summed E-state index contributed by atoms with van der Waals surface area (Å²) in [6, 6.07) is 9.78. The SMILES string of the molecule is CCCn1c(SCC(=O)N(c2ccccc2)C(C)C)nc2sc3c(c2c1=O)CCC3. The van der Waals surface area contributed by atoms with Crippen LogP contribution >= 0.6 is 23.1 Å². The van der Waals surface area contributed by atoms with Gasteiger partial charge in [-0.2, -0.15) is 0 Å². The summed E-state index contributed by atoms with van der Waals surface area (Å²) in [5.74, 6) is 0.270. The highest BCUT2D eigenvalue weighted by molar-refractivity contribution is 7.99. The van der Waals surface area contributed by atoms with Crippen LogP contribution in [0.5, 0.6) is 0 Å². The zero-order valence-electron chi connectivity index (χ0n) is 17.7. The van der Waals surface area contributed by atoms with Gasteiger partial charge in [-0.25, -0.2) is 4.98 Å². The summed E-state index contributed by atoms with van der Waals surface area (Å²) in [4.78, 5) is 35.2. The topological polar surface area (TPSA) is 55.2 Å². The van der Waals surface area contributed by atoms with Gasteiger partial charge in [0.15, 0.2) is 5.16 Å². The van der Waals surface area contributed by atoms with Gasteiger partial charge in [0, 0.05) is 23.2 Å². The first-order chi connectivity index (χ1) is 14.5. The Kier molecular flexibility index (Phi) is 6.29. The predicted octanol–water partition coefficient (Wildman–Crippen LogP) is 4.89. The Morgan fingerprint density at radius 1 is 1.27 bits per heavy atom. The molecule has 0 unspecified atom stereocenters. The van der Waals surface area contributed by atoms with Crippen molar-refractivity contribution in [3.8, 4) is 0 Å². The first-order valence-corrected chi connectivity index (χ1v) is 12.4. The number of fused-ring (bicyclic) bond motifs is 3. The van der Waals surface area contributed by atoms with E-state index in [0.717, 1.165) is 41.6 Å². The molecule has 4 rings (SSSR count). The van der Waals surface area contributed by atoms with Crippen molar-refractivity contribution in [2.45, 2.75) is 64.2 Å². The van der Waals surface area contributed by atoms with Crippen molar-refractivity contribution < 1.29 is 4.79 Å². The van der Waals surface area contributed by atoms with E-state index in [1.807, 2.05) is 49.1 Å². The van der Waals surface area contributed by atoms with Crippen molar-refractivity contribution in [2.75, 3.05) is 10.7 Å². The molecule has 0 radical (unpaired) electrons. The molecule has 0 fully saturated rings. The molecule has 0 saturated carbocycles. The molecule has 1 aliphatic carbocycles. The minimum absolute atomic E-state index is 0.0206. The standard InChI is InChI=1S/C23H27N3O2S2/c1-4-13-25-22(28)20-17-11-8-12-18(17)30-21(20)24-23(25)29-14-19(27)26(15(2)3)16-9-6-5-7-10-16/h5-7,9-10,15H,4,8,11-14H2,1-3H3. The second kappa shape index (κ2) is 8.94. The zero-order valence-corrected chi connectivity index (χ0v) is 19.3. The van der Waals surface area contributed by atoms with Crippen LogP contribution in [0.1, 0.15) is 44.1 Å². The lowest BCUT2D eigenvalue weighted by Crippen LogP contribution is -2.38. The van der Waals surface area contributed by atoms with Gasteiger partial charge < -0.3 is 4.90 Å². The Bertz CT molecular complexity index is 1120. The molecule has 2 aromatic heterocycles. The van der Waals surface area contributed by atoms with Crippen molar-refractivity contribution in [1.29, 1.82) is 0 Å². The van der Waals surface area contributed by atoms with Crippen LogP contribution in [0, 0.1) is 0 Å². The second-order valence-corrected chi connectivity index (χ2v) is 9.90. The molecule has 0 aliphatic heterocycles. The average Bonchev–Trinajstić information content (AvgIpc) is 3.30. The fourth-order valence-corrected chi connectivity index (χ4v) is 6.29. The molecule has 30 heavy (non-hydrogen) atoms. The highest BCUT2D eigenvalue weighted by Crippen LogP contribution is 2.35. The van der Waals surface area contributed by atoms with Crippen LogP contribution in [0.2, 0.25) is 0 Å². The number of aryl methyl sites for hydroxylation is 2. The summed E-state index contributed by atoms with van der Waals surface area (Å²) in [6.45, 7) is 6.71.